The van der Waals surface area contributed by atoms with Crippen LogP contribution in [0, 0.1) is 0 Å². The van der Waals surface area contributed by atoms with Gasteiger partial charge in [0.2, 0.25) is 0 Å². The van der Waals surface area contributed by atoms with E-state index in [2.05, 4.69) is 66.4 Å². The molecule has 0 radical (unpaired) electrons. The number of fused-ring (bicyclic) bond motifs is 1. The number of ether oxygens (including phenoxy) is 1. The van der Waals surface area contributed by atoms with E-state index in [9.17, 15) is 4.79 Å². The highest BCUT2D eigenvalue weighted by Crippen LogP contribution is 2.38. The van der Waals surface area contributed by atoms with E-state index < -0.39 is 0 Å². The number of carbonyl (C=O) groups excluding carboxylic acids is 1. The molecule has 0 unspecified atom stereocenters. The van der Waals surface area contributed by atoms with Crippen LogP contribution in [0.5, 0.6) is 5.75 Å². The third-order valence-corrected chi connectivity index (χ3v) is 8.27. The maximum absolute atomic E-state index is 12.5. The quantitative estimate of drug-likeness (QED) is 0.217. The molecule has 1 aliphatic rings. The summed E-state index contributed by atoms with van der Waals surface area (Å²) in [6.45, 7) is 0.420. The van der Waals surface area contributed by atoms with Crippen LogP contribution in [0.1, 0.15) is 11.1 Å². The Kier molecular flexibility index (Phi) is 7.74. The number of hydrogen-bond acceptors (Lipinski definition) is 4. The molecule has 4 aromatic carbocycles. The molecule has 1 saturated heterocycles. The summed E-state index contributed by atoms with van der Waals surface area (Å²) in [6, 6.07) is 23.4. The Bertz CT molecular complexity index is 1540. The zero-order valence-electron chi connectivity index (χ0n) is 18.4. The number of carbonyl (C=O) groups is 1. The van der Waals surface area contributed by atoms with Crippen LogP contribution in [0.25, 0.3) is 16.8 Å². The van der Waals surface area contributed by atoms with Crippen LogP contribution in [0.2, 0.25) is 10.0 Å². The van der Waals surface area contributed by atoms with Gasteiger partial charge in [-0.25, -0.2) is 4.99 Å². The topological polar surface area (TPSA) is 50.7 Å². The van der Waals surface area contributed by atoms with Crippen molar-refractivity contribution in [2.24, 2.45) is 4.99 Å². The zero-order valence-corrected chi connectivity index (χ0v) is 23.9. The fourth-order valence-electron chi connectivity index (χ4n) is 3.69. The first-order valence-corrected chi connectivity index (χ1v) is 13.9. The smallest absolute Gasteiger partial charge is 0.264 e. The van der Waals surface area contributed by atoms with E-state index in [0.29, 0.717) is 38.2 Å². The molecule has 4 nitrogen and oxygen atoms in total. The standard InChI is InChI=1S/C27H16Br2Cl2N2O2S/c28-19-11-15(13-23-26(34)33-27(36-23)32-22-10-4-9-21(30)24(22)31)12-20(29)25(19)35-14-17-7-3-6-16-5-1-2-8-18(16)17/h1-13H,14H2,(H,32,33,34)/b23-13-. The summed E-state index contributed by atoms with van der Waals surface area (Å²) in [5.41, 5.74) is 2.42. The van der Waals surface area contributed by atoms with Gasteiger partial charge in [0.05, 0.1) is 29.6 Å². The lowest BCUT2D eigenvalue weighted by Gasteiger charge is -2.13. The summed E-state index contributed by atoms with van der Waals surface area (Å²) in [6.07, 6.45) is 1.80. The van der Waals surface area contributed by atoms with E-state index >= 15 is 0 Å². The van der Waals surface area contributed by atoms with Gasteiger partial charge in [0.15, 0.2) is 5.17 Å². The highest BCUT2D eigenvalue weighted by molar-refractivity contribution is 9.11. The molecule has 0 aliphatic carbocycles. The minimum absolute atomic E-state index is 0.236. The third-order valence-electron chi connectivity index (χ3n) is 5.37. The number of halogens is 4. The second-order valence-corrected chi connectivity index (χ2v) is 11.3. The van der Waals surface area contributed by atoms with Gasteiger partial charge in [-0.15, -0.1) is 0 Å². The maximum Gasteiger partial charge on any atom is 0.264 e. The van der Waals surface area contributed by atoms with E-state index in [1.165, 1.54) is 17.1 Å². The van der Waals surface area contributed by atoms with Crippen molar-refractivity contribution in [1.82, 2.24) is 5.32 Å². The molecule has 1 aliphatic heterocycles. The van der Waals surface area contributed by atoms with E-state index in [1.807, 2.05) is 30.3 Å². The fraction of sp³-hybridized carbons (Fsp3) is 0.0370. The number of amides is 1. The number of thioether (sulfide) groups is 1. The average Bonchev–Trinajstić information content (AvgIpc) is 3.20. The van der Waals surface area contributed by atoms with Gasteiger partial charge >= 0.3 is 0 Å². The fourth-order valence-corrected chi connectivity index (χ4v) is 6.31. The van der Waals surface area contributed by atoms with Gasteiger partial charge in [0.1, 0.15) is 12.4 Å². The molecule has 4 aromatic rings. The molecular formula is C27H16Br2Cl2N2O2S. The molecule has 0 spiro atoms. The average molecular weight is 663 g/mol. The van der Waals surface area contributed by atoms with Crippen LogP contribution in [0.15, 0.2) is 91.6 Å². The Hall–Kier alpha value is -2.29. The lowest BCUT2D eigenvalue weighted by atomic mass is 10.1. The molecule has 1 fully saturated rings. The number of hydrogen-bond donors (Lipinski definition) is 1. The molecule has 0 saturated carbocycles. The summed E-state index contributed by atoms with van der Waals surface area (Å²) in [5, 5.41) is 6.28. The van der Waals surface area contributed by atoms with Gasteiger partial charge < -0.3 is 10.1 Å². The van der Waals surface area contributed by atoms with Crippen molar-refractivity contribution >= 4 is 100 Å². The third kappa shape index (κ3) is 5.50. The summed E-state index contributed by atoms with van der Waals surface area (Å²) in [4.78, 5) is 17.5. The molecule has 0 aromatic heterocycles. The second-order valence-electron chi connectivity index (χ2n) is 7.80. The molecule has 0 atom stereocenters. The molecule has 1 amide bonds. The van der Waals surface area contributed by atoms with Crippen molar-refractivity contribution in [3.05, 3.63) is 108 Å². The monoisotopic (exact) mass is 660 g/mol. The Labute approximate surface area is 239 Å². The van der Waals surface area contributed by atoms with E-state index in [-0.39, 0.29) is 5.91 Å². The molecule has 180 valence electrons. The van der Waals surface area contributed by atoms with Crippen LogP contribution < -0.4 is 10.1 Å². The van der Waals surface area contributed by atoms with Gasteiger partial charge in [-0.2, -0.15) is 0 Å². The van der Waals surface area contributed by atoms with E-state index in [0.717, 1.165) is 25.5 Å². The second kappa shape index (κ2) is 11.0. The zero-order chi connectivity index (χ0) is 25.2. The van der Waals surface area contributed by atoms with Crippen molar-refractivity contribution in [1.29, 1.82) is 0 Å². The number of nitrogens with one attached hydrogen (secondary N) is 1. The SMILES string of the molecule is O=C1NC(=Nc2cccc(Cl)c2Cl)S/C1=C\c1cc(Br)c(OCc2cccc3ccccc23)c(Br)c1. The Morgan fingerprint density at radius 1 is 0.972 bits per heavy atom. The van der Waals surface area contributed by atoms with Gasteiger partial charge in [0.25, 0.3) is 5.91 Å². The first kappa shape index (κ1) is 25.4. The summed E-state index contributed by atoms with van der Waals surface area (Å²) in [5.74, 6) is 0.451. The summed E-state index contributed by atoms with van der Waals surface area (Å²) >= 11 is 20.7. The van der Waals surface area contributed by atoms with Gasteiger partial charge in [-0.1, -0.05) is 71.7 Å². The van der Waals surface area contributed by atoms with Crippen molar-refractivity contribution in [2.75, 3.05) is 0 Å². The predicted molar refractivity (Wildman–Crippen MR) is 157 cm³/mol. The minimum Gasteiger partial charge on any atom is -0.487 e. The molecule has 9 heteroatoms. The Balaban J connectivity index is 1.35. The largest absolute Gasteiger partial charge is 0.487 e. The lowest BCUT2D eigenvalue weighted by molar-refractivity contribution is -0.115. The Morgan fingerprint density at radius 3 is 2.50 bits per heavy atom. The van der Waals surface area contributed by atoms with E-state index in [4.69, 9.17) is 27.9 Å². The van der Waals surface area contributed by atoms with Gasteiger partial charge in [-0.05, 0) is 95.9 Å². The molecule has 5 rings (SSSR count). The maximum atomic E-state index is 12.5. The number of aliphatic imine (C=N–C) groups is 1. The number of benzene rings is 4. The van der Waals surface area contributed by atoms with Gasteiger partial charge in [0, 0.05) is 0 Å². The number of nitrogens with zero attached hydrogens (tertiary/aromatic N) is 1. The van der Waals surface area contributed by atoms with Crippen molar-refractivity contribution in [3.63, 3.8) is 0 Å². The van der Waals surface area contributed by atoms with Crippen LogP contribution in [0.4, 0.5) is 5.69 Å². The molecule has 1 N–H and O–H groups in total. The van der Waals surface area contributed by atoms with Crippen LogP contribution in [-0.4, -0.2) is 11.1 Å². The van der Waals surface area contributed by atoms with Crippen LogP contribution >= 0.6 is 66.8 Å². The van der Waals surface area contributed by atoms with Crippen LogP contribution in [-0.2, 0) is 11.4 Å². The predicted octanol–water partition coefficient (Wildman–Crippen LogP) is 9.14. The molecule has 1 heterocycles. The van der Waals surface area contributed by atoms with Crippen molar-refractivity contribution in [3.8, 4) is 5.75 Å². The highest BCUT2D eigenvalue weighted by Gasteiger charge is 2.24. The Morgan fingerprint density at radius 2 is 1.69 bits per heavy atom. The lowest BCUT2D eigenvalue weighted by Crippen LogP contribution is -2.19. The van der Waals surface area contributed by atoms with Crippen molar-refractivity contribution < 1.29 is 9.53 Å². The van der Waals surface area contributed by atoms with Crippen molar-refractivity contribution in [2.45, 2.75) is 6.61 Å². The number of rotatable bonds is 5. The highest BCUT2D eigenvalue weighted by atomic mass is 79.9. The first-order chi connectivity index (χ1) is 17.4. The molecule has 36 heavy (non-hydrogen) atoms. The molecule has 0 bridgehead atoms. The van der Waals surface area contributed by atoms with Gasteiger partial charge in [-0.3, -0.25) is 4.79 Å². The first-order valence-electron chi connectivity index (χ1n) is 10.7. The van der Waals surface area contributed by atoms with E-state index in [1.54, 1.807) is 24.3 Å². The minimum atomic E-state index is -0.236. The normalized spacial score (nSPS) is 15.6. The molecular weight excluding hydrogens is 647 g/mol. The summed E-state index contributed by atoms with van der Waals surface area (Å²) in [7, 11) is 0. The summed E-state index contributed by atoms with van der Waals surface area (Å²) < 4.78 is 7.71. The number of amidine groups is 1. The van der Waals surface area contributed by atoms with Crippen LogP contribution in [0.3, 0.4) is 0 Å².